The number of halogens is 3. The number of benzene rings is 1. The Labute approximate surface area is 154 Å². The van der Waals surface area contributed by atoms with Crippen molar-refractivity contribution in [3.05, 3.63) is 64.7 Å². The van der Waals surface area contributed by atoms with Gasteiger partial charge in [0, 0.05) is 16.7 Å². The van der Waals surface area contributed by atoms with Crippen molar-refractivity contribution >= 4 is 22.5 Å². The zero-order valence-electron chi connectivity index (χ0n) is 13.0. The van der Waals surface area contributed by atoms with Crippen molar-refractivity contribution < 1.29 is 17.7 Å². The SMILES string of the molecule is N#Cc1cccc(C[S+]([O-])c2nc(-c3cccs3)cc(C(F)(F)F)n2)c1. The van der Waals surface area contributed by atoms with Gasteiger partial charge >= 0.3 is 11.3 Å². The number of nitrogens with zero attached hydrogens (tertiary/aromatic N) is 3. The number of aromatic nitrogens is 2. The number of rotatable bonds is 4. The summed E-state index contributed by atoms with van der Waals surface area (Å²) >= 11 is -0.657. The van der Waals surface area contributed by atoms with Crippen LogP contribution >= 0.6 is 11.3 Å². The number of hydrogen-bond donors (Lipinski definition) is 0. The van der Waals surface area contributed by atoms with E-state index in [4.69, 9.17) is 5.26 Å². The second kappa shape index (κ2) is 7.45. The molecule has 3 rings (SSSR count). The molecule has 0 saturated carbocycles. The molecule has 0 aliphatic heterocycles. The third-order valence-corrected chi connectivity index (χ3v) is 5.40. The van der Waals surface area contributed by atoms with Gasteiger partial charge in [-0.05, 0) is 29.6 Å². The highest BCUT2D eigenvalue weighted by molar-refractivity contribution is 7.90. The molecule has 0 aliphatic rings. The van der Waals surface area contributed by atoms with Crippen molar-refractivity contribution in [2.75, 3.05) is 0 Å². The average Bonchev–Trinajstić information content (AvgIpc) is 3.15. The molecule has 2 aromatic heterocycles. The summed E-state index contributed by atoms with van der Waals surface area (Å²) in [6, 6.07) is 12.5. The highest BCUT2D eigenvalue weighted by Crippen LogP contribution is 2.32. The molecular weight excluding hydrogens is 383 g/mol. The van der Waals surface area contributed by atoms with Crippen LogP contribution in [0.1, 0.15) is 16.8 Å². The smallest absolute Gasteiger partial charge is 0.433 e. The van der Waals surface area contributed by atoms with Crippen LogP contribution in [-0.2, 0) is 23.1 Å². The maximum atomic E-state index is 13.2. The van der Waals surface area contributed by atoms with E-state index in [-0.39, 0.29) is 16.6 Å². The minimum absolute atomic E-state index is 0.0800. The van der Waals surface area contributed by atoms with Gasteiger partial charge in [0.1, 0.15) is 5.75 Å². The second-order valence-corrected chi connectivity index (χ2v) is 7.49. The van der Waals surface area contributed by atoms with Gasteiger partial charge < -0.3 is 4.55 Å². The summed E-state index contributed by atoms with van der Waals surface area (Å²) < 4.78 is 52.0. The predicted octanol–water partition coefficient (Wildman–Crippen LogP) is 4.40. The Kier molecular flexibility index (Phi) is 5.27. The first kappa shape index (κ1) is 18.4. The van der Waals surface area contributed by atoms with E-state index in [0.717, 1.165) is 6.07 Å². The molecule has 4 nitrogen and oxygen atoms in total. The number of alkyl halides is 3. The van der Waals surface area contributed by atoms with Crippen LogP contribution < -0.4 is 0 Å². The fourth-order valence-corrected chi connectivity index (χ4v) is 3.87. The van der Waals surface area contributed by atoms with Crippen LogP contribution in [0.5, 0.6) is 0 Å². The largest absolute Gasteiger partial charge is 0.609 e. The monoisotopic (exact) mass is 393 g/mol. The molecule has 0 bridgehead atoms. The van der Waals surface area contributed by atoms with Gasteiger partial charge in [0.25, 0.3) is 0 Å². The molecule has 0 amide bonds. The van der Waals surface area contributed by atoms with E-state index in [1.165, 1.54) is 17.4 Å². The van der Waals surface area contributed by atoms with Crippen LogP contribution in [0.25, 0.3) is 10.6 Å². The summed E-state index contributed by atoms with van der Waals surface area (Å²) in [6.45, 7) is 0. The van der Waals surface area contributed by atoms with Gasteiger partial charge in [0.2, 0.25) is 0 Å². The maximum absolute atomic E-state index is 13.2. The Bertz CT molecular complexity index is 953. The molecule has 1 atom stereocenters. The Morgan fingerprint density at radius 3 is 2.62 bits per heavy atom. The van der Waals surface area contributed by atoms with Crippen LogP contribution in [0.4, 0.5) is 13.2 Å². The first-order chi connectivity index (χ1) is 12.4. The Balaban J connectivity index is 1.97. The quantitative estimate of drug-likeness (QED) is 0.486. The Morgan fingerprint density at radius 2 is 1.96 bits per heavy atom. The number of thiophene rings is 1. The number of hydrogen-bond acceptors (Lipinski definition) is 5. The molecule has 1 unspecified atom stereocenters. The van der Waals surface area contributed by atoms with E-state index in [1.54, 1.807) is 35.7 Å². The molecule has 0 fully saturated rings. The minimum atomic E-state index is -4.67. The molecular formula is C17H10F3N3OS2. The molecule has 2 heterocycles. The fourth-order valence-electron chi connectivity index (χ4n) is 2.17. The molecule has 3 aromatic rings. The lowest BCUT2D eigenvalue weighted by molar-refractivity contribution is -0.141. The summed E-state index contributed by atoms with van der Waals surface area (Å²) in [4.78, 5) is 8.05. The number of nitriles is 1. The molecule has 9 heteroatoms. The Morgan fingerprint density at radius 1 is 1.15 bits per heavy atom. The molecule has 0 radical (unpaired) electrons. The summed E-state index contributed by atoms with van der Waals surface area (Å²) in [5.74, 6) is -0.0826. The summed E-state index contributed by atoms with van der Waals surface area (Å²) in [5, 5.41) is 10.2. The van der Waals surface area contributed by atoms with Crippen molar-refractivity contribution in [1.29, 1.82) is 5.26 Å². The lowest BCUT2D eigenvalue weighted by Gasteiger charge is -2.12. The molecule has 1 aromatic carbocycles. The van der Waals surface area contributed by atoms with E-state index in [0.29, 0.717) is 16.0 Å². The Hall–Kier alpha value is -2.41. The highest BCUT2D eigenvalue weighted by atomic mass is 32.2. The topological polar surface area (TPSA) is 72.6 Å². The van der Waals surface area contributed by atoms with E-state index >= 15 is 0 Å². The normalized spacial score (nSPS) is 12.6. The zero-order chi connectivity index (χ0) is 18.7. The van der Waals surface area contributed by atoms with Gasteiger partial charge in [0.05, 0.1) is 22.2 Å². The van der Waals surface area contributed by atoms with Gasteiger partial charge in [-0.2, -0.15) is 28.4 Å². The van der Waals surface area contributed by atoms with E-state index in [9.17, 15) is 17.7 Å². The third-order valence-electron chi connectivity index (χ3n) is 3.33. The van der Waals surface area contributed by atoms with Crippen molar-refractivity contribution in [3.8, 4) is 16.6 Å². The van der Waals surface area contributed by atoms with Crippen LogP contribution in [0.15, 0.2) is 53.0 Å². The standard InChI is InChI=1S/C17H10F3N3OS2/c18-17(19,20)15-8-13(14-5-2-6-25-14)22-16(23-15)26(24)10-12-4-1-3-11(7-12)9-21/h1-8H,10H2. The summed E-state index contributed by atoms with van der Waals surface area (Å²) in [7, 11) is 0. The summed E-state index contributed by atoms with van der Waals surface area (Å²) in [6.07, 6.45) is -4.67. The fraction of sp³-hybridized carbons (Fsp3) is 0.118. The summed E-state index contributed by atoms with van der Waals surface area (Å²) in [5.41, 5.74) is -0.119. The van der Waals surface area contributed by atoms with Crippen molar-refractivity contribution in [1.82, 2.24) is 9.97 Å². The zero-order valence-corrected chi connectivity index (χ0v) is 14.7. The lowest BCUT2D eigenvalue weighted by atomic mass is 10.2. The molecule has 0 aliphatic carbocycles. The lowest BCUT2D eigenvalue weighted by Crippen LogP contribution is -2.16. The van der Waals surface area contributed by atoms with Gasteiger partial charge in [-0.15, -0.1) is 11.3 Å². The van der Waals surface area contributed by atoms with E-state index < -0.39 is 23.0 Å². The van der Waals surface area contributed by atoms with E-state index in [2.05, 4.69) is 9.97 Å². The van der Waals surface area contributed by atoms with Crippen molar-refractivity contribution in [2.24, 2.45) is 0 Å². The van der Waals surface area contributed by atoms with E-state index in [1.807, 2.05) is 6.07 Å². The molecule has 0 N–H and O–H groups in total. The molecule has 0 saturated heterocycles. The van der Waals surface area contributed by atoms with Gasteiger partial charge in [-0.3, -0.25) is 0 Å². The highest BCUT2D eigenvalue weighted by Gasteiger charge is 2.35. The van der Waals surface area contributed by atoms with Crippen LogP contribution in [-0.4, -0.2) is 14.5 Å². The molecule has 132 valence electrons. The van der Waals surface area contributed by atoms with Crippen LogP contribution in [0.2, 0.25) is 0 Å². The second-order valence-electron chi connectivity index (χ2n) is 5.20. The van der Waals surface area contributed by atoms with Gasteiger partial charge in [0.15, 0.2) is 5.69 Å². The predicted molar refractivity (Wildman–Crippen MR) is 91.6 cm³/mol. The van der Waals surface area contributed by atoms with Crippen LogP contribution in [0.3, 0.4) is 0 Å². The molecule has 26 heavy (non-hydrogen) atoms. The maximum Gasteiger partial charge on any atom is 0.433 e. The third kappa shape index (κ3) is 4.22. The average molecular weight is 393 g/mol. The first-order valence-corrected chi connectivity index (χ1v) is 9.44. The molecule has 0 spiro atoms. The first-order valence-electron chi connectivity index (χ1n) is 7.24. The van der Waals surface area contributed by atoms with Crippen molar-refractivity contribution in [2.45, 2.75) is 17.1 Å². The van der Waals surface area contributed by atoms with Gasteiger partial charge in [-0.1, -0.05) is 18.2 Å². The van der Waals surface area contributed by atoms with Crippen LogP contribution in [0, 0.1) is 11.3 Å². The van der Waals surface area contributed by atoms with Gasteiger partial charge in [-0.25, -0.2) is 0 Å². The minimum Gasteiger partial charge on any atom is -0.609 e. The van der Waals surface area contributed by atoms with Crippen molar-refractivity contribution in [3.63, 3.8) is 0 Å².